The molecule has 250 valence electrons. The van der Waals surface area contributed by atoms with Gasteiger partial charge in [0.25, 0.3) is 0 Å². The zero-order valence-corrected chi connectivity index (χ0v) is 28.9. The van der Waals surface area contributed by atoms with Gasteiger partial charge < -0.3 is 5.32 Å². The average molecular weight is 676 g/mol. The largest absolute Gasteiger partial charge is 0.371 e. The molecular formula is C49H35F2N. The summed E-state index contributed by atoms with van der Waals surface area (Å²) in [5.74, 6) is -1.25. The van der Waals surface area contributed by atoms with Gasteiger partial charge in [0.05, 0.1) is 5.54 Å². The number of benzene rings is 8. The van der Waals surface area contributed by atoms with Gasteiger partial charge in [-0.1, -0.05) is 146 Å². The molecule has 8 aromatic rings. The molecule has 3 atom stereocenters. The predicted octanol–water partition coefficient (Wildman–Crippen LogP) is 13.7. The van der Waals surface area contributed by atoms with Crippen molar-refractivity contribution in [3.05, 3.63) is 175 Å². The molecule has 0 radical (unpaired) electrons. The van der Waals surface area contributed by atoms with Crippen LogP contribution in [0.15, 0.2) is 169 Å². The highest BCUT2D eigenvalue weighted by Crippen LogP contribution is 2.55. The standard InChI is InChI=1S/C49H35F2N/c1-29-42(50)27-32(28-43(29)51)49(2)48-40-23-13-7-17-34(40)33-16-6-8-18-35(33)47(48)41-25-24-31(26-44(41)52-49)46-38-21-11-9-19-36(38)45(30-14-4-3-5-15-30)37-20-10-12-22-39(37)46/h3-29,42,52H,1-2H3. The number of halogens is 2. The fraction of sp³-hybridized carbons (Fsp3) is 0.102. The second kappa shape index (κ2) is 11.5. The minimum absolute atomic E-state index is 0.435. The van der Waals surface area contributed by atoms with Crippen molar-refractivity contribution in [1.82, 2.24) is 0 Å². The van der Waals surface area contributed by atoms with E-state index in [-0.39, 0.29) is 0 Å². The summed E-state index contributed by atoms with van der Waals surface area (Å²) in [5.41, 5.74) is 8.41. The number of rotatable bonds is 3. The lowest BCUT2D eigenvalue weighted by molar-refractivity contribution is 0.286. The Labute approximate surface area is 301 Å². The number of hydrogen-bond acceptors (Lipinski definition) is 1. The first-order chi connectivity index (χ1) is 25.4. The van der Waals surface area contributed by atoms with Gasteiger partial charge >= 0.3 is 0 Å². The van der Waals surface area contributed by atoms with Gasteiger partial charge in [-0.3, -0.25) is 0 Å². The van der Waals surface area contributed by atoms with E-state index in [1.54, 1.807) is 19.1 Å². The Morgan fingerprint density at radius 2 is 1.02 bits per heavy atom. The van der Waals surface area contributed by atoms with E-state index in [0.717, 1.165) is 55.0 Å². The van der Waals surface area contributed by atoms with Crippen LogP contribution in [0, 0.1) is 5.92 Å². The van der Waals surface area contributed by atoms with Crippen molar-refractivity contribution < 1.29 is 8.78 Å². The van der Waals surface area contributed by atoms with Crippen molar-refractivity contribution in [2.24, 2.45) is 5.92 Å². The van der Waals surface area contributed by atoms with Gasteiger partial charge in [0, 0.05) is 17.2 Å². The number of fused-ring (bicyclic) bond motifs is 10. The fourth-order valence-corrected chi connectivity index (χ4v) is 8.97. The number of anilines is 1. The van der Waals surface area contributed by atoms with Crippen LogP contribution in [0.1, 0.15) is 19.4 Å². The molecular weight excluding hydrogens is 641 g/mol. The van der Waals surface area contributed by atoms with Crippen LogP contribution in [0.3, 0.4) is 0 Å². The van der Waals surface area contributed by atoms with Crippen LogP contribution in [0.25, 0.3) is 76.5 Å². The van der Waals surface area contributed by atoms with Crippen LogP contribution in [0.4, 0.5) is 14.5 Å². The summed E-state index contributed by atoms with van der Waals surface area (Å²) in [6.07, 6.45) is 1.74. The smallest absolute Gasteiger partial charge is 0.128 e. The molecule has 0 amide bonds. The van der Waals surface area contributed by atoms with E-state index >= 15 is 8.78 Å². The third-order valence-corrected chi connectivity index (χ3v) is 11.5. The molecule has 0 saturated carbocycles. The molecule has 1 aliphatic carbocycles. The van der Waals surface area contributed by atoms with Crippen molar-refractivity contribution in [3.63, 3.8) is 0 Å². The third kappa shape index (κ3) is 4.38. The molecule has 0 saturated heterocycles. The highest BCUT2D eigenvalue weighted by molar-refractivity contribution is 6.22. The summed E-state index contributed by atoms with van der Waals surface area (Å²) < 4.78 is 31.1. The van der Waals surface area contributed by atoms with Crippen molar-refractivity contribution in [2.75, 3.05) is 5.32 Å². The van der Waals surface area contributed by atoms with Crippen LogP contribution in [0.2, 0.25) is 0 Å². The van der Waals surface area contributed by atoms with E-state index in [9.17, 15) is 0 Å². The first-order valence-corrected chi connectivity index (χ1v) is 18.0. The van der Waals surface area contributed by atoms with E-state index in [4.69, 9.17) is 0 Å². The summed E-state index contributed by atoms with van der Waals surface area (Å²) in [6.45, 7) is 3.69. The Morgan fingerprint density at radius 1 is 0.538 bits per heavy atom. The number of allylic oxidation sites excluding steroid dienone is 2. The lowest BCUT2D eigenvalue weighted by Gasteiger charge is -2.43. The van der Waals surface area contributed by atoms with Gasteiger partial charge in [-0.05, 0) is 107 Å². The van der Waals surface area contributed by atoms with Gasteiger partial charge in [0.1, 0.15) is 12.0 Å². The molecule has 0 aromatic heterocycles. The molecule has 1 nitrogen and oxygen atoms in total. The molecule has 2 aliphatic rings. The number of hydrogen-bond donors (Lipinski definition) is 1. The highest BCUT2D eigenvalue weighted by atomic mass is 19.1. The molecule has 1 N–H and O–H groups in total. The Hall–Kier alpha value is -6.06. The van der Waals surface area contributed by atoms with Crippen molar-refractivity contribution in [3.8, 4) is 33.4 Å². The maximum absolute atomic E-state index is 15.6. The zero-order valence-electron chi connectivity index (χ0n) is 28.9. The summed E-state index contributed by atoms with van der Waals surface area (Å²) >= 11 is 0. The molecule has 3 unspecified atom stereocenters. The zero-order chi connectivity index (χ0) is 35.1. The number of nitrogens with one attached hydrogen (secondary N) is 1. The Balaban J connectivity index is 1.29. The van der Waals surface area contributed by atoms with Gasteiger partial charge in [-0.2, -0.15) is 0 Å². The Bertz CT molecular complexity index is 2770. The normalized spacial score (nSPS) is 19.6. The van der Waals surface area contributed by atoms with E-state index in [1.165, 1.54) is 32.7 Å². The SMILES string of the molecule is CC1C(F)=CC(C2(C)Nc3cc(-c4c5ccccc5c(-c5ccccc5)c5ccccc45)ccc3-c3c2c2ccccc2c2ccccc32)=CC1F. The summed E-state index contributed by atoms with van der Waals surface area (Å²) in [4.78, 5) is 0. The molecule has 1 heterocycles. The minimum Gasteiger partial charge on any atom is -0.371 e. The quantitative estimate of drug-likeness (QED) is 0.145. The third-order valence-electron chi connectivity index (χ3n) is 11.5. The molecule has 8 aromatic carbocycles. The van der Waals surface area contributed by atoms with Crippen LogP contribution < -0.4 is 5.32 Å². The lowest BCUT2D eigenvalue weighted by atomic mass is 9.71. The van der Waals surface area contributed by atoms with Gasteiger partial charge in [-0.25, -0.2) is 8.78 Å². The maximum Gasteiger partial charge on any atom is 0.128 e. The van der Waals surface area contributed by atoms with Crippen LogP contribution >= 0.6 is 0 Å². The second-order valence-electron chi connectivity index (χ2n) is 14.4. The van der Waals surface area contributed by atoms with E-state index in [2.05, 4.69) is 158 Å². The monoisotopic (exact) mass is 675 g/mol. The summed E-state index contributed by atoms with van der Waals surface area (Å²) in [6, 6.07) is 51.6. The van der Waals surface area contributed by atoms with Crippen LogP contribution in [-0.4, -0.2) is 6.17 Å². The average Bonchev–Trinajstić information content (AvgIpc) is 3.18. The molecule has 10 rings (SSSR count). The summed E-state index contributed by atoms with van der Waals surface area (Å²) in [5, 5.41) is 13.1. The second-order valence-corrected chi connectivity index (χ2v) is 14.4. The van der Waals surface area contributed by atoms with E-state index in [1.807, 2.05) is 0 Å². The molecule has 52 heavy (non-hydrogen) atoms. The first-order valence-electron chi connectivity index (χ1n) is 18.0. The molecule has 0 fully saturated rings. The molecule has 3 heteroatoms. The molecule has 0 spiro atoms. The number of alkyl halides is 1. The predicted molar refractivity (Wildman–Crippen MR) is 215 cm³/mol. The molecule has 1 aliphatic heterocycles. The van der Waals surface area contributed by atoms with Crippen molar-refractivity contribution in [2.45, 2.75) is 25.6 Å². The van der Waals surface area contributed by atoms with Crippen LogP contribution in [-0.2, 0) is 5.54 Å². The van der Waals surface area contributed by atoms with Gasteiger partial charge in [0.15, 0.2) is 0 Å². The van der Waals surface area contributed by atoms with Crippen molar-refractivity contribution in [1.29, 1.82) is 0 Å². The topological polar surface area (TPSA) is 12.0 Å². The summed E-state index contributed by atoms with van der Waals surface area (Å²) in [7, 11) is 0. The fourth-order valence-electron chi connectivity index (χ4n) is 8.97. The van der Waals surface area contributed by atoms with Gasteiger partial charge in [0.2, 0.25) is 0 Å². The van der Waals surface area contributed by atoms with Crippen LogP contribution in [0.5, 0.6) is 0 Å². The van der Waals surface area contributed by atoms with E-state index < -0.39 is 23.5 Å². The lowest BCUT2D eigenvalue weighted by Crippen LogP contribution is -2.39. The maximum atomic E-state index is 15.6. The Morgan fingerprint density at radius 3 is 1.60 bits per heavy atom. The highest BCUT2D eigenvalue weighted by Gasteiger charge is 2.42. The van der Waals surface area contributed by atoms with Crippen molar-refractivity contribution >= 4 is 48.8 Å². The van der Waals surface area contributed by atoms with E-state index in [0.29, 0.717) is 5.57 Å². The van der Waals surface area contributed by atoms with Gasteiger partial charge in [-0.15, -0.1) is 0 Å². The Kier molecular flexibility index (Phi) is 6.79. The molecule has 0 bridgehead atoms. The minimum atomic E-state index is -1.43. The first kappa shape index (κ1) is 30.7.